The molecule has 2 N–H and O–H groups in total. The number of halogens is 1. The maximum Gasteiger partial charge on any atom is 0.0648 e. The van der Waals surface area contributed by atoms with Gasteiger partial charge in [-0.2, -0.15) is 0 Å². The molecule has 1 aromatic heterocycles. The highest BCUT2D eigenvalue weighted by molar-refractivity contribution is 7.10. The van der Waals surface area contributed by atoms with Crippen LogP contribution in [0, 0.1) is 6.92 Å². The normalized spacial score (nSPS) is 12.7. The van der Waals surface area contributed by atoms with E-state index in [1.54, 1.807) is 11.3 Å². The fraction of sp³-hybridized carbons (Fsp3) is 0.167. The summed E-state index contributed by atoms with van der Waals surface area (Å²) in [4.78, 5) is 1.22. The molecule has 0 aliphatic rings. The smallest absolute Gasteiger partial charge is 0.0648 e. The summed E-state index contributed by atoms with van der Waals surface area (Å²) in [6.07, 6.45) is 0. The van der Waals surface area contributed by atoms with E-state index < -0.39 is 0 Å². The molecule has 1 unspecified atom stereocenters. The van der Waals surface area contributed by atoms with E-state index in [0.29, 0.717) is 0 Å². The lowest BCUT2D eigenvalue weighted by Crippen LogP contribution is -2.10. The van der Waals surface area contributed by atoms with E-state index in [1.165, 1.54) is 10.4 Å². The van der Waals surface area contributed by atoms with Crippen LogP contribution in [0.15, 0.2) is 35.7 Å². The van der Waals surface area contributed by atoms with E-state index in [1.807, 2.05) is 24.3 Å². The average Bonchev–Trinajstić information content (AvgIpc) is 2.65. The standard InChI is InChI=1S/C12H12ClNS/c1-8-6-7-15-12(8)11(14)9-2-4-10(13)5-3-9/h2-7,11H,14H2,1H3. The van der Waals surface area contributed by atoms with Crippen molar-refractivity contribution in [2.24, 2.45) is 5.73 Å². The molecule has 0 saturated carbocycles. The predicted molar refractivity (Wildman–Crippen MR) is 66.5 cm³/mol. The van der Waals surface area contributed by atoms with E-state index in [0.717, 1.165) is 10.6 Å². The van der Waals surface area contributed by atoms with Crippen LogP contribution in [0.1, 0.15) is 22.0 Å². The van der Waals surface area contributed by atoms with Crippen molar-refractivity contribution < 1.29 is 0 Å². The number of nitrogens with two attached hydrogens (primary N) is 1. The molecule has 2 aromatic rings. The molecule has 0 radical (unpaired) electrons. The van der Waals surface area contributed by atoms with Crippen LogP contribution < -0.4 is 5.73 Å². The van der Waals surface area contributed by atoms with Gasteiger partial charge in [-0.15, -0.1) is 11.3 Å². The Balaban J connectivity index is 2.32. The lowest BCUT2D eigenvalue weighted by Gasteiger charge is -2.11. The molecule has 1 nitrogen and oxygen atoms in total. The molecule has 0 aliphatic heterocycles. The van der Waals surface area contributed by atoms with Crippen molar-refractivity contribution in [3.8, 4) is 0 Å². The molecule has 1 aromatic carbocycles. The van der Waals surface area contributed by atoms with Crippen LogP contribution in [0.5, 0.6) is 0 Å². The highest BCUT2D eigenvalue weighted by Gasteiger charge is 2.12. The molecular weight excluding hydrogens is 226 g/mol. The number of rotatable bonds is 2. The van der Waals surface area contributed by atoms with Crippen LogP contribution in [0.25, 0.3) is 0 Å². The third-order valence-electron chi connectivity index (χ3n) is 2.41. The van der Waals surface area contributed by atoms with Crippen molar-refractivity contribution in [1.29, 1.82) is 0 Å². The SMILES string of the molecule is Cc1ccsc1C(N)c1ccc(Cl)cc1. The van der Waals surface area contributed by atoms with Gasteiger partial charge in [0.15, 0.2) is 0 Å². The second kappa shape index (κ2) is 4.35. The number of hydrogen-bond donors (Lipinski definition) is 1. The summed E-state index contributed by atoms with van der Waals surface area (Å²) in [5.74, 6) is 0. The molecule has 1 atom stereocenters. The Morgan fingerprint density at radius 1 is 1.20 bits per heavy atom. The summed E-state index contributed by atoms with van der Waals surface area (Å²) in [5, 5.41) is 2.81. The Bertz CT molecular complexity index is 447. The van der Waals surface area contributed by atoms with Gasteiger partial charge < -0.3 is 5.73 Å². The quantitative estimate of drug-likeness (QED) is 0.846. The third-order valence-corrected chi connectivity index (χ3v) is 3.77. The Kier molecular flexibility index (Phi) is 3.10. The predicted octanol–water partition coefficient (Wildman–Crippen LogP) is 3.76. The summed E-state index contributed by atoms with van der Waals surface area (Å²) in [7, 11) is 0. The van der Waals surface area contributed by atoms with Crippen molar-refractivity contribution in [3.05, 3.63) is 56.7 Å². The van der Waals surface area contributed by atoms with Crippen LogP contribution in [-0.4, -0.2) is 0 Å². The number of thiophene rings is 1. The van der Waals surface area contributed by atoms with Crippen molar-refractivity contribution in [2.75, 3.05) is 0 Å². The summed E-state index contributed by atoms with van der Waals surface area (Å²) < 4.78 is 0. The van der Waals surface area contributed by atoms with Gasteiger partial charge in [0.2, 0.25) is 0 Å². The molecule has 0 bridgehead atoms. The summed E-state index contributed by atoms with van der Waals surface area (Å²) in [6, 6.07) is 9.76. The van der Waals surface area contributed by atoms with E-state index >= 15 is 0 Å². The molecule has 2 rings (SSSR count). The Hall–Kier alpha value is -0.830. The van der Waals surface area contributed by atoms with Crippen LogP contribution >= 0.6 is 22.9 Å². The zero-order valence-electron chi connectivity index (χ0n) is 8.41. The largest absolute Gasteiger partial charge is 0.320 e. The number of benzene rings is 1. The molecule has 15 heavy (non-hydrogen) atoms. The first kappa shape index (κ1) is 10.7. The first-order chi connectivity index (χ1) is 7.18. The molecule has 0 saturated heterocycles. The van der Waals surface area contributed by atoms with Crippen LogP contribution in [-0.2, 0) is 0 Å². The number of aryl methyl sites for hydroxylation is 1. The molecule has 1 heterocycles. The number of hydrogen-bond acceptors (Lipinski definition) is 2. The van der Waals surface area contributed by atoms with Crippen LogP contribution in [0.3, 0.4) is 0 Å². The minimum absolute atomic E-state index is 0.0396. The first-order valence-corrected chi connectivity index (χ1v) is 5.99. The maximum absolute atomic E-state index is 6.18. The summed E-state index contributed by atoms with van der Waals surface area (Å²) in [6.45, 7) is 2.08. The van der Waals surface area contributed by atoms with Crippen molar-refractivity contribution >= 4 is 22.9 Å². The second-order valence-corrected chi connectivity index (χ2v) is 4.88. The van der Waals surface area contributed by atoms with Crippen molar-refractivity contribution in [2.45, 2.75) is 13.0 Å². The third kappa shape index (κ3) is 2.23. The molecular formula is C12H12ClNS. The van der Waals surface area contributed by atoms with Gasteiger partial charge in [-0.05, 0) is 41.6 Å². The topological polar surface area (TPSA) is 26.0 Å². The summed E-state index contributed by atoms with van der Waals surface area (Å²) in [5.41, 5.74) is 8.53. The minimum Gasteiger partial charge on any atom is -0.320 e. The van der Waals surface area contributed by atoms with E-state index in [4.69, 9.17) is 17.3 Å². The molecule has 3 heteroatoms. The van der Waals surface area contributed by atoms with Crippen LogP contribution in [0.4, 0.5) is 0 Å². The Morgan fingerprint density at radius 2 is 1.87 bits per heavy atom. The van der Waals surface area contributed by atoms with Gasteiger partial charge in [-0.3, -0.25) is 0 Å². The Labute approximate surface area is 98.5 Å². The Morgan fingerprint density at radius 3 is 2.40 bits per heavy atom. The lowest BCUT2D eigenvalue weighted by molar-refractivity contribution is 0.885. The van der Waals surface area contributed by atoms with Gasteiger partial charge in [-0.1, -0.05) is 23.7 Å². The van der Waals surface area contributed by atoms with E-state index in [-0.39, 0.29) is 6.04 Å². The lowest BCUT2D eigenvalue weighted by atomic mass is 10.0. The van der Waals surface area contributed by atoms with Crippen molar-refractivity contribution in [1.82, 2.24) is 0 Å². The molecule has 0 spiro atoms. The van der Waals surface area contributed by atoms with Gasteiger partial charge in [0.1, 0.15) is 0 Å². The molecule has 0 aliphatic carbocycles. The fourth-order valence-electron chi connectivity index (χ4n) is 1.52. The molecule has 0 amide bonds. The highest BCUT2D eigenvalue weighted by atomic mass is 35.5. The summed E-state index contributed by atoms with van der Waals surface area (Å²) >= 11 is 7.53. The van der Waals surface area contributed by atoms with Crippen molar-refractivity contribution in [3.63, 3.8) is 0 Å². The minimum atomic E-state index is -0.0396. The first-order valence-electron chi connectivity index (χ1n) is 4.73. The van der Waals surface area contributed by atoms with E-state index in [9.17, 15) is 0 Å². The average molecular weight is 238 g/mol. The van der Waals surface area contributed by atoms with Gasteiger partial charge in [0, 0.05) is 9.90 Å². The highest BCUT2D eigenvalue weighted by Crippen LogP contribution is 2.27. The van der Waals surface area contributed by atoms with Gasteiger partial charge >= 0.3 is 0 Å². The van der Waals surface area contributed by atoms with Gasteiger partial charge in [0.25, 0.3) is 0 Å². The fourth-order valence-corrected chi connectivity index (χ4v) is 2.61. The van der Waals surface area contributed by atoms with Gasteiger partial charge in [0.05, 0.1) is 6.04 Å². The zero-order valence-corrected chi connectivity index (χ0v) is 9.98. The van der Waals surface area contributed by atoms with Crippen LogP contribution in [0.2, 0.25) is 5.02 Å². The molecule has 0 fully saturated rings. The maximum atomic E-state index is 6.18. The van der Waals surface area contributed by atoms with Gasteiger partial charge in [-0.25, -0.2) is 0 Å². The van der Waals surface area contributed by atoms with E-state index in [2.05, 4.69) is 18.4 Å². The zero-order chi connectivity index (χ0) is 10.8. The second-order valence-electron chi connectivity index (χ2n) is 3.50. The molecule has 78 valence electrons. The monoisotopic (exact) mass is 237 g/mol.